The van der Waals surface area contributed by atoms with Crippen LogP contribution in [0.15, 0.2) is 57.8 Å². The Morgan fingerprint density at radius 2 is 1.56 bits per heavy atom. The number of ether oxygens (including phenoxy) is 5. The highest BCUT2D eigenvalue weighted by molar-refractivity contribution is 5.91. The van der Waals surface area contributed by atoms with E-state index in [4.69, 9.17) is 28.1 Å². The molecule has 16 nitrogen and oxygen atoms in total. The number of rotatable bonds is 9. The van der Waals surface area contributed by atoms with Gasteiger partial charge >= 0.3 is 5.97 Å². The van der Waals surface area contributed by atoms with Gasteiger partial charge in [0.1, 0.15) is 42.0 Å². The van der Waals surface area contributed by atoms with Crippen LogP contribution in [0.25, 0.3) is 28.4 Å². The molecule has 2 heterocycles. The zero-order valence-electron chi connectivity index (χ0n) is 25.1. The molecule has 1 aromatic heterocycles. The van der Waals surface area contributed by atoms with Gasteiger partial charge in [0.25, 0.3) is 0 Å². The lowest BCUT2D eigenvalue weighted by Gasteiger charge is -2.39. The maximum absolute atomic E-state index is 13.8. The number of aromatic hydroxyl groups is 5. The first-order valence-electron chi connectivity index (χ1n) is 14.0. The summed E-state index contributed by atoms with van der Waals surface area (Å²) in [7, 11) is 2.48. The molecule has 3 aromatic carbocycles. The van der Waals surface area contributed by atoms with Crippen LogP contribution < -0.4 is 19.6 Å². The molecule has 0 saturated carbocycles. The number of carbonyl (C=O) groups is 1. The molecule has 254 valence electrons. The van der Waals surface area contributed by atoms with Gasteiger partial charge in [-0.1, -0.05) is 6.07 Å². The Hall–Kier alpha value is -5.68. The fourth-order valence-corrected chi connectivity index (χ4v) is 4.89. The summed E-state index contributed by atoms with van der Waals surface area (Å²) in [5, 5.41) is 82.0. The van der Waals surface area contributed by atoms with E-state index in [1.54, 1.807) is 0 Å². The number of phenolic OH excluding ortho intramolecular Hbond substituents is 5. The minimum Gasteiger partial charge on any atom is -0.504 e. The summed E-state index contributed by atoms with van der Waals surface area (Å²) in [6.07, 6.45) is -6.74. The van der Waals surface area contributed by atoms with Crippen molar-refractivity contribution in [2.24, 2.45) is 0 Å². The predicted octanol–water partition coefficient (Wildman–Crippen LogP) is 1.45. The van der Waals surface area contributed by atoms with Gasteiger partial charge in [0.05, 0.1) is 14.2 Å². The molecule has 0 spiro atoms. The highest BCUT2D eigenvalue weighted by Gasteiger charge is 2.46. The molecule has 0 bridgehead atoms. The minimum atomic E-state index is -1.99. The van der Waals surface area contributed by atoms with Crippen LogP contribution in [0.5, 0.6) is 46.0 Å². The molecule has 2 unspecified atom stereocenters. The standard InChI is InChI=1S/C32H30O16/c1-43-19-9-13(3-6-16(19)34)4-8-22(37)45-12-21-24(38)27(41)28(42)32(47-21)48-31-26(40)23-20(11-18(36)30(44-2)25(23)39)46-29(31)14-5-7-15(33)17(35)10-14/h3-11,21,24,27-28,32-36,38-39,41-42H,12H2,1-2H3/b8-4+/t21?,24-,27+,28?,32+/m1/s1. The maximum Gasteiger partial charge on any atom is 0.330 e. The van der Waals surface area contributed by atoms with Gasteiger partial charge in [-0.15, -0.1) is 0 Å². The Morgan fingerprint density at radius 3 is 2.25 bits per heavy atom. The van der Waals surface area contributed by atoms with Gasteiger partial charge < -0.3 is 69.0 Å². The predicted molar refractivity (Wildman–Crippen MR) is 163 cm³/mol. The lowest BCUT2D eigenvalue weighted by Crippen LogP contribution is -2.60. The van der Waals surface area contributed by atoms with Crippen molar-refractivity contribution in [3.05, 3.63) is 64.3 Å². The number of hydrogen-bond donors (Lipinski definition) is 8. The number of aliphatic hydroxyl groups is 3. The monoisotopic (exact) mass is 670 g/mol. The number of benzene rings is 3. The SMILES string of the molecule is COc1cc(/C=C/C(=O)OCC2O[C@@H](Oc3c(-c4ccc(O)c(O)c4)oc4cc(O)c(OC)c(O)c4c3=O)C(O)[C@@H](O)[C@@H]2O)ccc1O. The van der Waals surface area contributed by atoms with Crippen LogP contribution >= 0.6 is 0 Å². The first-order chi connectivity index (χ1) is 22.8. The normalized spacial score (nSPS) is 20.9. The molecule has 48 heavy (non-hydrogen) atoms. The topological polar surface area (TPSA) is 255 Å². The Bertz CT molecular complexity index is 1930. The van der Waals surface area contributed by atoms with Crippen LogP contribution in [-0.2, 0) is 14.3 Å². The van der Waals surface area contributed by atoms with E-state index in [0.29, 0.717) is 5.56 Å². The van der Waals surface area contributed by atoms with Crippen LogP contribution in [-0.4, -0.2) is 98.4 Å². The fraction of sp³-hybridized carbons (Fsp3) is 0.250. The lowest BCUT2D eigenvalue weighted by molar-refractivity contribution is -0.278. The molecule has 8 N–H and O–H groups in total. The second kappa shape index (κ2) is 13.6. The van der Waals surface area contributed by atoms with E-state index < -0.39 is 94.4 Å². The summed E-state index contributed by atoms with van der Waals surface area (Å²) >= 11 is 0. The van der Waals surface area contributed by atoms with Crippen molar-refractivity contribution >= 4 is 23.0 Å². The quantitative estimate of drug-likeness (QED) is 0.0712. The third kappa shape index (κ3) is 6.45. The summed E-state index contributed by atoms with van der Waals surface area (Å²) in [5.74, 6) is -5.00. The Morgan fingerprint density at radius 1 is 0.833 bits per heavy atom. The number of aliphatic hydroxyl groups excluding tert-OH is 3. The van der Waals surface area contributed by atoms with E-state index in [1.807, 2.05) is 0 Å². The average Bonchev–Trinajstić information content (AvgIpc) is 3.06. The van der Waals surface area contributed by atoms with Crippen molar-refractivity contribution in [1.29, 1.82) is 0 Å². The van der Waals surface area contributed by atoms with Crippen molar-refractivity contribution in [1.82, 2.24) is 0 Å². The number of carbonyl (C=O) groups excluding carboxylic acids is 1. The summed E-state index contributed by atoms with van der Waals surface area (Å²) in [6.45, 7) is -0.658. The van der Waals surface area contributed by atoms with Gasteiger partial charge in [0.15, 0.2) is 40.3 Å². The number of methoxy groups -OCH3 is 2. The van der Waals surface area contributed by atoms with Crippen LogP contribution in [0.2, 0.25) is 0 Å². The second-order valence-electron chi connectivity index (χ2n) is 10.5. The molecule has 5 atom stereocenters. The molecule has 5 rings (SSSR count). The summed E-state index contributed by atoms with van der Waals surface area (Å²) in [4.78, 5) is 26.2. The lowest BCUT2D eigenvalue weighted by atomic mass is 9.99. The first-order valence-corrected chi connectivity index (χ1v) is 14.0. The smallest absolute Gasteiger partial charge is 0.330 e. The fourth-order valence-electron chi connectivity index (χ4n) is 4.89. The van der Waals surface area contributed by atoms with Crippen molar-refractivity contribution in [2.75, 3.05) is 20.8 Å². The summed E-state index contributed by atoms with van der Waals surface area (Å²) in [6, 6.07) is 8.62. The molecule has 0 aliphatic carbocycles. The van der Waals surface area contributed by atoms with Gasteiger partial charge in [0.2, 0.25) is 23.2 Å². The van der Waals surface area contributed by atoms with E-state index >= 15 is 0 Å². The molecule has 0 radical (unpaired) electrons. The molecular formula is C32H30O16. The zero-order chi connectivity index (χ0) is 34.9. The summed E-state index contributed by atoms with van der Waals surface area (Å²) in [5.41, 5.74) is -1.00. The maximum atomic E-state index is 13.8. The zero-order valence-corrected chi connectivity index (χ0v) is 25.1. The van der Waals surface area contributed by atoms with Gasteiger partial charge in [-0.3, -0.25) is 4.79 Å². The third-order valence-electron chi connectivity index (χ3n) is 7.40. The van der Waals surface area contributed by atoms with Crippen molar-refractivity contribution in [2.45, 2.75) is 30.7 Å². The molecule has 1 aliphatic heterocycles. The van der Waals surface area contributed by atoms with E-state index in [0.717, 1.165) is 31.4 Å². The Kier molecular flexibility index (Phi) is 9.53. The molecule has 1 aliphatic rings. The largest absolute Gasteiger partial charge is 0.504 e. The number of esters is 1. The number of fused-ring (bicyclic) bond motifs is 1. The molecule has 1 saturated heterocycles. The Labute approximate surface area is 270 Å². The number of hydrogen-bond acceptors (Lipinski definition) is 16. The molecule has 0 amide bonds. The van der Waals surface area contributed by atoms with Crippen LogP contribution in [0.1, 0.15) is 5.56 Å². The van der Waals surface area contributed by atoms with Gasteiger partial charge in [-0.05, 0) is 42.0 Å². The van der Waals surface area contributed by atoms with Crippen LogP contribution in [0, 0.1) is 0 Å². The van der Waals surface area contributed by atoms with E-state index in [-0.39, 0.29) is 22.6 Å². The van der Waals surface area contributed by atoms with Crippen LogP contribution in [0.3, 0.4) is 0 Å². The highest BCUT2D eigenvalue weighted by Crippen LogP contribution is 2.44. The van der Waals surface area contributed by atoms with E-state index in [2.05, 4.69) is 0 Å². The van der Waals surface area contributed by atoms with Gasteiger partial charge in [0, 0.05) is 17.7 Å². The van der Waals surface area contributed by atoms with Crippen molar-refractivity contribution in [3.8, 4) is 57.3 Å². The van der Waals surface area contributed by atoms with E-state index in [1.165, 1.54) is 37.5 Å². The van der Waals surface area contributed by atoms with Crippen molar-refractivity contribution in [3.63, 3.8) is 0 Å². The molecule has 16 heteroatoms. The highest BCUT2D eigenvalue weighted by atomic mass is 16.7. The van der Waals surface area contributed by atoms with Gasteiger partial charge in [-0.2, -0.15) is 0 Å². The second-order valence-corrected chi connectivity index (χ2v) is 10.5. The Balaban J connectivity index is 1.45. The molecular weight excluding hydrogens is 640 g/mol. The van der Waals surface area contributed by atoms with Crippen molar-refractivity contribution < 1.29 is 73.7 Å². The molecule has 1 fully saturated rings. The first kappa shape index (κ1) is 33.7. The average molecular weight is 671 g/mol. The third-order valence-corrected chi connectivity index (χ3v) is 7.40. The number of phenols is 5. The molecule has 4 aromatic rings. The van der Waals surface area contributed by atoms with Gasteiger partial charge in [-0.25, -0.2) is 4.79 Å². The van der Waals surface area contributed by atoms with E-state index in [9.17, 15) is 50.4 Å². The van der Waals surface area contributed by atoms with Crippen LogP contribution in [0.4, 0.5) is 0 Å². The summed E-state index contributed by atoms with van der Waals surface area (Å²) < 4.78 is 32.2. The minimum absolute atomic E-state index is 0.0523.